The van der Waals surface area contributed by atoms with Gasteiger partial charge in [-0.2, -0.15) is 9.78 Å². The first-order valence-electron chi connectivity index (χ1n) is 7.44. The van der Waals surface area contributed by atoms with Crippen molar-refractivity contribution in [2.45, 2.75) is 19.1 Å². The fraction of sp³-hybridized carbons (Fsp3) is 0.571. The molecule has 23 heavy (non-hydrogen) atoms. The molecule has 1 fully saturated rings. The quantitative estimate of drug-likeness (QED) is 0.785. The van der Waals surface area contributed by atoms with Crippen molar-refractivity contribution in [1.29, 1.82) is 0 Å². The zero-order chi connectivity index (χ0) is 16.7. The largest absolute Gasteiger partial charge is 0.390 e. The summed E-state index contributed by atoms with van der Waals surface area (Å²) in [4.78, 5) is 16.2. The standard InChI is InChI=1S/C14H21N7O2/c1-9-13(15-17-21(9)12-5-6-19(4)16-12)14(23)20-7-10(18(2)3)11(22)8-20/h5-6,10-11,22H,7-8H2,1-4H3/t10-,11-/m0/s1. The van der Waals surface area contributed by atoms with Crippen molar-refractivity contribution in [2.75, 3.05) is 27.2 Å². The Morgan fingerprint density at radius 1 is 1.39 bits per heavy atom. The Balaban J connectivity index is 1.83. The number of hydrogen-bond acceptors (Lipinski definition) is 6. The summed E-state index contributed by atoms with van der Waals surface area (Å²) in [5, 5.41) is 22.4. The molecule has 0 bridgehead atoms. The third-order valence-corrected chi connectivity index (χ3v) is 4.22. The molecular formula is C14H21N7O2. The summed E-state index contributed by atoms with van der Waals surface area (Å²) >= 11 is 0. The number of carbonyl (C=O) groups is 1. The van der Waals surface area contributed by atoms with Gasteiger partial charge in [-0.25, -0.2) is 0 Å². The van der Waals surface area contributed by atoms with E-state index >= 15 is 0 Å². The third-order valence-electron chi connectivity index (χ3n) is 4.22. The fourth-order valence-electron chi connectivity index (χ4n) is 2.85. The predicted octanol–water partition coefficient (Wildman–Crippen LogP) is -0.944. The van der Waals surface area contributed by atoms with Crippen molar-refractivity contribution in [2.24, 2.45) is 7.05 Å². The molecule has 0 radical (unpaired) electrons. The van der Waals surface area contributed by atoms with Crippen LogP contribution in [-0.4, -0.2) is 84.9 Å². The predicted molar refractivity (Wildman–Crippen MR) is 82.2 cm³/mol. The molecule has 1 amide bonds. The summed E-state index contributed by atoms with van der Waals surface area (Å²) < 4.78 is 3.21. The summed E-state index contributed by atoms with van der Waals surface area (Å²) in [7, 11) is 5.60. The molecule has 3 heterocycles. The summed E-state index contributed by atoms with van der Waals surface area (Å²) in [6, 6.07) is 1.74. The monoisotopic (exact) mass is 319 g/mol. The molecule has 0 spiro atoms. The lowest BCUT2D eigenvalue weighted by atomic mass is 10.2. The Hall–Kier alpha value is -2.26. The number of aryl methyl sites for hydroxylation is 1. The number of aromatic nitrogens is 5. The van der Waals surface area contributed by atoms with E-state index in [0.717, 1.165) is 0 Å². The average Bonchev–Trinajstić information content (AvgIpc) is 3.17. The van der Waals surface area contributed by atoms with E-state index in [2.05, 4.69) is 15.4 Å². The van der Waals surface area contributed by atoms with E-state index in [1.807, 2.05) is 26.0 Å². The van der Waals surface area contributed by atoms with Crippen molar-refractivity contribution in [3.8, 4) is 5.82 Å². The highest BCUT2D eigenvalue weighted by Gasteiger charge is 2.37. The molecule has 9 nitrogen and oxygen atoms in total. The van der Waals surface area contributed by atoms with Gasteiger partial charge in [-0.1, -0.05) is 5.21 Å². The molecule has 124 valence electrons. The van der Waals surface area contributed by atoms with E-state index in [-0.39, 0.29) is 11.9 Å². The van der Waals surface area contributed by atoms with E-state index in [9.17, 15) is 9.90 Å². The maximum Gasteiger partial charge on any atom is 0.276 e. The highest BCUT2D eigenvalue weighted by Crippen LogP contribution is 2.18. The molecule has 2 aromatic heterocycles. The molecule has 1 aliphatic heterocycles. The SMILES string of the molecule is Cc1c(C(=O)N2C[C@H](O)[C@@H](N(C)C)C2)nnn1-c1ccn(C)n1. The van der Waals surface area contributed by atoms with E-state index in [4.69, 9.17) is 0 Å². The van der Waals surface area contributed by atoms with Crippen LogP contribution in [0.15, 0.2) is 12.3 Å². The van der Waals surface area contributed by atoms with Crippen LogP contribution in [-0.2, 0) is 7.05 Å². The van der Waals surface area contributed by atoms with Crippen LogP contribution < -0.4 is 0 Å². The second-order valence-corrected chi connectivity index (χ2v) is 6.09. The van der Waals surface area contributed by atoms with Crippen LogP contribution in [0.3, 0.4) is 0 Å². The fourth-order valence-corrected chi connectivity index (χ4v) is 2.85. The lowest BCUT2D eigenvalue weighted by Crippen LogP contribution is -2.38. The molecule has 1 saturated heterocycles. The molecule has 3 rings (SSSR count). The summed E-state index contributed by atoms with van der Waals surface area (Å²) in [6.07, 6.45) is 1.25. The molecule has 9 heteroatoms. The Morgan fingerprint density at radius 2 is 2.13 bits per heavy atom. The zero-order valence-corrected chi connectivity index (χ0v) is 13.7. The van der Waals surface area contributed by atoms with Gasteiger partial charge in [-0.15, -0.1) is 5.10 Å². The van der Waals surface area contributed by atoms with Gasteiger partial charge in [-0.3, -0.25) is 9.48 Å². The molecule has 1 aliphatic rings. The summed E-state index contributed by atoms with van der Waals surface area (Å²) in [5.41, 5.74) is 0.929. The molecule has 0 saturated carbocycles. The minimum Gasteiger partial charge on any atom is -0.390 e. The van der Waals surface area contributed by atoms with E-state index in [1.165, 1.54) is 0 Å². The van der Waals surface area contributed by atoms with Gasteiger partial charge in [0.25, 0.3) is 5.91 Å². The number of nitrogens with zero attached hydrogens (tertiary/aromatic N) is 7. The van der Waals surface area contributed by atoms with E-state index in [0.29, 0.717) is 30.3 Å². The van der Waals surface area contributed by atoms with Crippen LogP contribution in [0.4, 0.5) is 0 Å². The maximum absolute atomic E-state index is 12.7. The van der Waals surface area contributed by atoms with Gasteiger partial charge < -0.3 is 14.9 Å². The number of hydrogen-bond donors (Lipinski definition) is 1. The Bertz CT molecular complexity index is 721. The highest BCUT2D eigenvalue weighted by atomic mass is 16.3. The van der Waals surface area contributed by atoms with Crippen LogP contribution in [0, 0.1) is 6.92 Å². The smallest absolute Gasteiger partial charge is 0.276 e. The van der Waals surface area contributed by atoms with Gasteiger partial charge in [0.1, 0.15) is 0 Å². The van der Waals surface area contributed by atoms with Crippen LogP contribution in [0.1, 0.15) is 16.2 Å². The first-order valence-corrected chi connectivity index (χ1v) is 7.44. The Morgan fingerprint density at radius 3 is 2.70 bits per heavy atom. The maximum atomic E-state index is 12.7. The van der Waals surface area contributed by atoms with Gasteiger partial charge in [0.2, 0.25) is 0 Å². The highest BCUT2D eigenvalue weighted by molar-refractivity contribution is 5.93. The topological polar surface area (TPSA) is 92.3 Å². The van der Waals surface area contributed by atoms with E-state index in [1.54, 1.807) is 33.5 Å². The van der Waals surface area contributed by atoms with Gasteiger partial charge in [-0.05, 0) is 21.0 Å². The molecular weight excluding hydrogens is 298 g/mol. The molecule has 0 unspecified atom stereocenters. The van der Waals surface area contributed by atoms with E-state index < -0.39 is 6.10 Å². The number of likely N-dealkylation sites (tertiary alicyclic amines) is 1. The van der Waals surface area contributed by atoms with Crippen molar-refractivity contribution >= 4 is 5.91 Å². The van der Waals surface area contributed by atoms with Crippen molar-refractivity contribution < 1.29 is 9.90 Å². The number of rotatable bonds is 3. The summed E-state index contributed by atoms with van der Waals surface area (Å²) in [5.74, 6) is 0.400. The minimum absolute atomic E-state index is 0.0647. The van der Waals surface area contributed by atoms with Gasteiger partial charge in [0.15, 0.2) is 11.5 Å². The molecule has 2 aromatic rings. The van der Waals surface area contributed by atoms with Crippen LogP contribution >= 0.6 is 0 Å². The molecule has 0 aliphatic carbocycles. The molecule has 2 atom stereocenters. The van der Waals surface area contributed by atoms with Crippen LogP contribution in [0.2, 0.25) is 0 Å². The van der Waals surface area contributed by atoms with Crippen molar-refractivity contribution in [1.82, 2.24) is 34.6 Å². The first-order chi connectivity index (χ1) is 10.9. The van der Waals surface area contributed by atoms with Crippen LogP contribution in [0.25, 0.3) is 5.82 Å². The zero-order valence-electron chi connectivity index (χ0n) is 13.7. The lowest BCUT2D eigenvalue weighted by molar-refractivity contribution is 0.0757. The second kappa shape index (κ2) is 5.74. The lowest BCUT2D eigenvalue weighted by Gasteiger charge is -2.21. The number of aliphatic hydroxyl groups excluding tert-OH is 1. The Kier molecular flexibility index (Phi) is 3.90. The number of amides is 1. The van der Waals surface area contributed by atoms with Gasteiger partial charge in [0, 0.05) is 32.4 Å². The second-order valence-electron chi connectivity index (χ2n) is 6.09. The number of carbonyl (C=O) groups excluding carboxylic acids is 1. The van der Waals surface area contributed by atoms with Gasteiger partial charge in [0.05, 0.1) is 17.8 Å². The minimum atomic E-state index is -0.555. The van der Waals surface area contributed by atoms with Gasteiger partial charge >= 0.3 is 0 Å². The average molecular weight is 319 g/mol. The number of β-amino-alcohol motifs (C(OH)–C–C–N with tert-alkyl or cyclic N) is 1. The first kappa shape index (κ1) is 15.6. The summed E-state index contributed by atoms with van der Waals surface area (Å²) in [6.45, 7) is 2.57. The van der Waals surface area contributed by atoms with Crippen molar-refractivity contribution in [3.63, 3.8) is 0 Å². The number of likely N-dealkylation sites (N-methyl/N-ethyl adjacent to an activating group) is 1. The molecule has 1 N–H and O–H groups in total. The third kappa shape index (κ3) is 2.73. The van der Waals surface area contributed by atoms with Crippen LogP contribution in [0.5, 0.6) is 0 Å². The van der Waals surface area contributed by atoms with Crippen molar-refractivity contribution in [3.05, 3.63) is 23.7 Å². The Labute approximate surface area is 134 Å². The molecule has 0 aromatic carbocycles. The normalized spacial score (nSPS) is 21.4. The number of aliphatic hydroxyl groups is 1.